The van der Waals surface area contributed by atoms with Gasteiger partial charge in [-0.3, -0.25) is 0 Å². The first-order chi connectivity index (χ1) is 18.7. The van der Waals surface area contributed by atoms with E-state index < -0.39 is 11.7 Å². The quantitative estimate of drug-likeness (QED) is 0.274. The number of aromatic nitrogens is 2. The highest BCUT2D eigenvalue weighted by Crippen LogP contribution is 2.39. The monoisotopic (exact) mass is 565 g/mol. The van der Waals surface area contributed by atoms with Crippen LogP contribution in [0.15, 0.2) is 41.6 Å². The first kappa shape index (κ1) is 27.5. The second kappa shape index (κ2) is 11.2. The highest BCUT2D eigenvalue weighted by molar-refractivity contribution is 7.98. The molecule has 0 spiro atoms. The number of piperazine rings is 1. The summed E-state index contributed by atoms with van der Waals surface area (Å²) in [5, 5.41) is 13.0. The molecule has 0 aliphatic carbocycles. The lowest BCUT2D eigenvalue weighted by Crippen LogP contribution is -2.56. The number of halogens is 1. The van der Waals surface area contributed by atoms with Crippen LogP contribution in [0.2, 0.25) is 5.02 Å². The van der Waals surface area contributed by atoms with Crippen molar-refractivity contribution in [1.82, 2.24) is 14.9 Å². The molecule has 3 heterocycles. The number of thioether (sulfide) groups is 1. The van der Waals surface area contributed by atoms with Crippen molar-refractivity contribution in [2.75, 3.05) is 30.8 Å². The van der Waals surface area contributed by atoms with Gasteiger partial charge in [-0.25, -0.2) is 14.8 Å². The highest BCUT2D eigenvalue weighted by Gasteiger charge is 2.36. The van der Waals surface area contributed by atoms with E-state index in [0.717, 1.165) is 33.4 Å². The molecule has 1 aromatic heterocycles. The molecule has 2 aliphatic rings. The van der Waals surface area contributed by atoms with Crippen molar-refractivity contribution in [2.45, 2.75) is 63.1 Å². The Labute approximate surface area is 238 Å². The molecular formula is C29H32ClN5O3S. The van der Waals surface area contributed by atoms with Gasteiger partial charge < -0.3 is 19.3 Å². The number of rotatable bonds is 4. The van der Waals surface area contributed by atoms with E-state index in [-0.39, 0.29) is 18.6 Å². The van der Waals surface area contributed by atoms with E-state index >= 15 is 0 Å². The fourth-order valence-electron chi connectivity index (χ4n) is 5.26. The zero-order valence-corrected chi connectivity index (χ0v) is 24.2. The topological polar surface area (TPSA) is 91.6 Å². The van der Waals surface area contributed by atoms with Gasteiger partial charge in [0.1, 0.15) is 11.4 Å². The summed E-state index contributed by atoms with van der Waals surface area (Å²) in [6, 6.07) is 14.0. The molecule has 3 aromatic rings. The van der Waals surface area contributed by atoms with Crippen molar-refractivity contribution in [3.63, 3.8) is 0 Å². The molecule has 8 nitrogen and oxygen atoms in total. The number of hydrogen-bond acceptors (Lipinski definition) is 8. The van der Waals surface area contributed by atoms with Gasteiger partial charge in [0.05, 0.1) is 36.9 Å². The van der Waals surface area contributed by atoms with Crippen LogP contribution in [0.5, 0.6) is 0 Å². The first-order valence-electron chi connectivity index (χ1n) is 13.0. The minimum Gasteiger partial charge on any atom is -0.444 e. The minimum absolute atomic E-state index is 0.186. The summed E-state index contributed by atoms with van der Waals surface area (Å²) in [5.74, 6) is 0.811. The van der Waals surface area contributed by atoms with Crippen LogP contribution in [-0.4, -0.2) is 58.5 Å². The molecular weight excluding hydrogens is 534 g/mol. The summed E-state index contributed by atoms with van der Waals surface area (Å²) >= 11 is 8.11. The van der Waals surface area contributed by atoms with Crippen LogP contribution in [-0.2, 0) is 22.5 Å². The Kier molecular flexibility index (Phi) is 7.90. The van der Waals surface area contributed by atoms with Crippen molar-refractivity contribution in [1.29, 1.82) is 5.26 Å². The normalized spacial score (nSPS) is 19.5. The van der Waals surface area contributed by atoms with Gasteiger partial charge in [0.25, 0.3) is 0 Å². The number of nitrogens with zero attached hydrogens (tertiary/aromatic N) is 5. The van der Waals surface area contributed by atoms with E-state index in [4.69, 9.17) is 31.0 Å². The van der Waals surface area contributed by atoms with Crippen LogP contribution in [0.3, 0.4) is 0 Å². The maximum Gasteiger partial charge on any atom is 0.410 e. The molecule has 0 N–H and O–H groups in total. The van der Waals surface area contributed by atoms with Crippen molar-refractivity contribution in [2.24, 2.45) is 0 Å². The van der Waals surface area contributed by atoms with Gasteiger partial charge in [-0.1, -0.05) is 53.7 Å². The number of benzene rings is 2. The predicted octanol–water partition coefficient (Wildman–Crippen LogP) is 6.16. The Morgan fingerprint density at radius 3 is 2.72 bits per heavy atom. The van der Waals surface area contributed by atoms with E-state index in [9.17, 15) is 10.1 Å². The van der Waals surface area contributed by atoms with Gasteiger partial charge in [-0.05, 0) is 44.0 Å². The Morgan fingerprint density at radius 2 is 2.00 bits per heavy atom. The standard InChI is InChI=1S/C29H32ClN5O3S/c1-29(2,3)38-28(36)35-14-13-34(16-19(35)11-12-31)26-21-17-37-24(15-23(21)32-27(33-26)39-4)20-9-5-7-18-8-6-10-22(30)25(18)20/h5-10,19,24H,11,13-17H2,1-4H3/t19-,24?/m0/s1. The number of nitriles is 1. The van der Waals surface area contributed by atoms with E-state index in [0.29, 0.717) is 42.8 Å². The molecule has 39 heavy (non-hydrogen) atoms. The number of hydrogen-bond donors (Lipinski definition) is 0. The molecule has 1 unspecified atom stereocenters. The molecule has 1 fully saturated rings. The van der Waals surface area contributed by atoms with Crippen LogP contribution in [0, 0.1) is 11.3 Å². The maximum atomic E-state index is 12.9. The zero-order chi connectivity index (χ0) is 27.7. The van der Waals surface area contributed by atoms with E-state index in [1.165, 1.54) is 11.8 Å². The third kappa shape index (κ3) is 5.79. The fraction of sp³-hybridized carbons (Fsp3) is 0.448. The lowest BCUT2D eigenvalue weighted by Gasteiger charge is -2.42. The largest absolute Gasteiger partial charge is 0.444 e. The number of fused-ring (bicyclic) bond motifs is 2. The van der Waals surface area contributed by atoms with E-state index in [1.807, 2.05) is 45.2 Å². The molecule has 204 valence electrons. The molecule has 5 rings (SSSR count). The molecule has 10 heteroatoms. The number of amides is 1. The molecule has 1 amide bonds. The molecule has 2 aliphatic heterocycles. The summed E-state index contributed by atoms with van der Waals surface area (Å²) in [5.41, 5.74) is 2.36. The average Bonchev–Trinajstić information content (AvgIpc) is 2.91. The van der Waals surface area contributed by atoms with Gasteiger partial charge in [-0.15, -0.1) is 0 Å². The van der Waals surface area contributed by atoms with Crippen molar-refractivity contribution in [3.8, 4) is 6.07 Å². The number of ether oxygens (including phenoxy) is 2. The van der Waals surface area contributed by atoms with Gasteiger partial charge >= 0.3 is 6.09 Å². The number of carbonyl (C=O) groups excluding carboxylic acids is 1. The van der Waals surface area contributed by atoms with Crippen LogP contribution < -0.4 is 4.90 Å². The SMILES string of the molecule is CSc1nc2c(c(N3CCN(C(=O)OC(C)(C)C)[C@@H](CC#N)C3)n1)COC(c1cccc3cccc(Cl)c13)C2. The van der Waals surface area contributed by atoms with Gasteiger partial charge in [0, 0.05) is 42.0 Å². The second-order valence-corrected chi connectivity index (χ2v) is 12.0. The van der Waals surface area contributed by atoms with Crippen LogP contribution in [0.1, 0.15) is 50.1 Å². The summed E-state index contributed by atoms with van der Waals surface area (Å²) in [6.45, 7) is 7.38. The Bertz CT molecular complexity index is 1430. The minimum atomic E-state index is -0.605. The number of anilines is 1. The summed E-state index contributed by atoms with van der Waals surface area (Å²) in [4.78, 5) is 26.5. The lowest BCUT2D eigenvalue weighted by molar-refractivity contribution is 0.0140. The van der Waals surface area contributed by atoms with Crippen molar-refractivity contribution in [3.05, 3.63) is 58.2 Å². The number of carbonyl (C=O) groups is 1. The maximum absolute atomic E-state index is 12.9. The fourth-order valence-corrected chi connectivity index (χ4v) is 5.93. The van der Waals surface area contributed by atoms with Crippen molar-refractivity contribution < 1.29 is 14.3 Å². The van der Waals surface area contributed by atoms with Crippen molar-refractivity contribution >= 4 is 46.0 Å². The van der Waals surface area contributed by atoms with E-state index in [2.05, 4.69) is 29.2 Å². The molecule has 2 atom stereocenters. The Balaban J connectivity index is 1.44. The van der Waals surface area contributed by atoms with Crippen LogP contribution in [0.25, 0.3) is 10.8 Å². The lowest BCUT2D eigenvalue weighted by atomic mass is 9.94. The van der Waals surface area contributed by atoms with Crippen LogP contribution in [0.4, 0.5) is 10.6 Å². The Hall–Kier alpha value is -3.06. The third-order valence-corrected chi connectivity index (χ3v) is 7.87. The zero-order valence-electron chi connectivity index (χ0n) is 22.6. The van der Waals surface area contributed by atoms with Crippen LogP contribution >= 0.6 is 23.4 Å². The molecule has 0 bridgehead atoms. The molecule has 1 saturated heterocycles. The molecule has 0 saturated carbocycles. The molecule has 2 aromatic carbocycles. The smallest absolute Gasteiger partial charge is 0.410 e. The van der Waals surface area contributed by atoms with Gasteiger partial charge in [0.2, 0.25) is 0 Å². The Morgan fingerprint density at radius 1 is 1.23 bits per heavy atom. The predicted molar refractivity (Wildman–Crippen MR) is 153 cm³/mol. The summed E-state index contributed by atoms with van der Waals surface area (Å²) in [6.07, 6.45) is 2.19. The molecule has 0 radical (unpaired) electrons. The highest BCUT2D eigenvalue weighted by atomic mass is 35.5. The third-order valence-electron chi connectivity index (χ3n) is 7.01. The summed E-state index contributed by atoms with van der Waals surface area (Å²) in [7, 11) is 0. The van der Waals surface area contributed by atoms with E-state index in [1.54, 1.807) is 4.90 Å². The second-order valence-electron chi connectivity index (χ2n) is 10.8. The van der Waals surface area contributed by atoms with Gasteiger partial charge in [-0.2, -0.15) is 5.26 Å². The first-order valence-corrected chi connectivity index (χ1v) is 14.6. The average molecular weight is 566 g/mol. The summed E-state index contributed by atoms with van der Waals surface area (Å²) < 4.78 is 12.1. The van der Waals surface area contributed by atoms with Gasteiger partial charge in [0.15, 0.2) is 5.16 Å².